The van der Waals surface area contributed by atoms with Crippen LogP contribution in [0.2, 0.25) is 5.02 Å². The highest BCUT2D eigenvalue weighted by atomic mass is 35.5. The van der Waals surface area contributed by atoms with Gasteiger partial charge in [-0.05, 0) is 37.3 Å². The number of halogens is 2. The van der Waals surface area contributed by atoms with Crippen molar-refractivity contribution in [3.8, 4) is 22.8 Å². The van der Waals surface area contributed by atoms with Crippen molar-refractivity contribution < 1.29 is 8.91 Å². The Kier molecular flexibility index (Phi) is 5.36. The van der Waals surface area contributed by atoms with Crippen molar-refractivity contribution in [3.05, 3.63) is 77.0 Å². The van der Waals surface area contributed by atoms with Crippen LogP contribution >= 0.6 is 23.4 Å². The van der Waals surface area contributed by atoms with Crippen LogP contribution in [-0.4, -0.2) is 20.1 Å². The Morgan fingerprint density at radius 3 is 2.54 bits per heavy atom. The Hall–Kier alpha value is -2.77. The zero-order valence-electron chi connectivity index (χ0n) is 14.8. The molecule has 4 rings (SSSR count). The maximum atomic E-state index is 13.4. The topological polar surface area (TPSA) is 64.7 Å². The van der Waals surface area contributed by atoms with E-state index >= 15 is 0 Å². The van der Waals surface area contributed by atoms with Crippen LogP contribution in [0.25, 0.3) is 22.8 Å². The summed E-state index contributed by atoms with van der Waals surface area (Å²) in [4.78, 5) is 13.4. The van der Waals surface area contributed by atoms with Crippen LogP contribution in [0.5, 0.6) is 0 Å². The summed E-state index contributed by atoms with van der Waals surface area (Å²) in [7, 11) is 0. The molecule has 0 bridgehead atoms. The van der Waals surface area contributed by atoms with Crippen LogP contribution in [0.3, 0.4) is 0 Å². The monoisotopic (exact) mass is 412 g/mol. The molecule has 0 aliphatic carbocycles. The third-order valence-electron chi connectivity index (χ3n) is 3.81. The summed E-state index contributed by atoms with van der Waals surface area (Å²) >= 11 is 7.52. The molecule has 0 amide bonds. The van der Waals surface area contributed by atoms with E-state index < -0.39 is 0 Å². The smallest absolute Gasteiger partial charge is 0.237 e. The zero-order chi connectivity index (χ0) is 19.5. The molecule has 0 fully saturated rings. The molecule has 0 saturated heterocycles. The minimum absolute atomic E-state index is 0.344. The first-order valence-corrected chi connectivity index (χ1v) is 9.76. The van der Waals surface area contributed by atoms with Gasteiger partial charge in [0.1, 0.15) is 10.8 Å². The molecule has 4 aromatic rings. The number of nitrogens with zero attached hydrogens (tertiary/aromatic N) is 4. The van der Waals surface area contributed by atoms with E-state index in [4.69, 9.17) is 16.1 Å². The Bertz CT molecular complexity index is 1130. The minimum Gasteiger partial charge on any atom is -0.338 e. The Morgan fingerprint density at radius 2 is 1.75 bits per heavy atom. The van der Waals surface area contributed by atoms with E-state index in [2.05, 4.69) is 20.1 Å². The van der Waals surface area contributed by atoms with Crippen LogP contribution in [0.4, 0.5) is 4.39 Å². The van der Waals surface area contributed by atoms with E-state index in [1.165, 1.54) is 23.9 Å². The predicted octanol–water partition coefficient (Wildman–Crippen LogP) is 5.59. The molecule has 0 aliphatic rings. The van der Waals surface area contributed by atoms with Gasteiger partial charge in [0, 0.05) is 21.8 Å². The molecule has 5 nitrogen and oxygen atoms in total. The molecule has 0 atom stereocenters. The first-order chi connectivity index (χ1) is 13.6. The van der Waals surface area contributed by atoms with E-state index in [1.807, 2.05) is 37.3 Å². The van der Waals surface area contributed by atoms with Crippen LogP contribution in [0.1, 0.15) is 11.6 Å². The molecule has 8 heteroatoms. The van der Waals surface area contributed by atoms with Crippen molar-refractivity contribution in [3.63, 3.8) is 0 Å². The maximum absolute atomic E-state index is 13.4. The van der Waals surface area contributed by atoms with Gasteiger partial charge in [-0.25, -0.2) is 14.4 Å². The molecule has 140 valence electrons. The molecule has 0 unspecified atom stereocenters. The molecule has 2 aromatic carbocycles. The van der Waals surface area contributed by atoms with Gasteiger partial charge >= 0.3 is 0 Å². The lowest BCUT2D eigenvalue weighted by Crippen LogP contribution is -1.94. The largest absolute Gasteiger partial charge is 0.338 e. The summed E-state index contributed by atoms with van der Waals surface area (Å²) in [5.74, 6) is 1.49. The quantitative estimate of drug-likeness (QED) is 0.314. The summed E-state index contributed by atoms with van der Waals surface area (Å²) in [5.41, 5.74) is 2.27. The van der Waals surface area contributed by atoms with Crippen LogP contribution in [-0.2, 0) is 5.75 Å². The third kappa shape index (κ3) is 4.37. The SMILES string of the molecule is Cc1cc(SCc2nc(-c3cccc(F)c3)no2)nc(-c2cccc(Cl)c2)n1. The fraction of sp³-hybridized carbons (Fsp3) is 0.100. The summed E-state index contributed by atoms with van der Waals surface area (Å²) < 4.78 is 18.6. The standard InChI is InChI=1S/C20H14ClFN4OS/c1-12-8-18(25-19(23-12)13-4-2-6-15(21)9-13)28-11-17-24-20(26-27-17)14-5-3-7-16(22)10-14/h2-10H,11H2,1H3. The predicted molar refractivity (Wildman–Crippen MR) is 106 cm³/mol. The second-order valence-corrected chi connectivity index (χ2v) is 7.42. The normalized spacial score (nSPS) is 11.0. The first kappa shape index (κ1) is 18.6. The number of benzene rings is 2. The molecule has 0 N–H and O–H groups in total. The highest BCUT2D eigenvalue weighted by molar-refractivity contribution is 7.98. The lowest BCUT2D eigenvalue weighted by molar-refractivity contribution is 0.391. The van der Waals surface area contributed by atoms with Gasteiger partial charge in [-0.2, -0.15) is 4.98 Å². The van der Waals surface area contributed by atoms with Gasteiger partial charge in [0.15, 0.2) is 5.82 Å². The highest BCUT2D eigenvalue weighted by Gasteiger charge is 2.12. The first-order valence-electron chi connectivity index (χ1n) is 8.40. The van der Waals surface area contributed by atoms with E-state index in [1.54, 1.807) is 12.1 Å². The molecule has 0 radical (unpaired) electrons. The van der Waals surface area contributed by atoms with Gasteiger partial charge in [-0.15, -0.1) is 0 Å². The minimum atomic E-state index is -0.344. The van der Waals surface area contributed by atoms with Crippen molar-refractivity contribution >= 4 is 23.4 Å². The van der Waals surface area contributed by atoms with Crippen LogP contribution in [0.15, 0.2) is 64.1 Å². The van der Waals surface area contributed by atoms with E-state index in [0.717, 1.165) is 16.3 Å². The lowest BCUT2D eigenvalue weighted by atomic mass is 10.2. The molecule has 28 heavy (non-hydrogen) atoms. The molecule has 0 spiro atoms. The summed E-state index contributed by atoms with van der Waals surface area (Å²) in [6.45, 7) is 1.91. The van der Waals surface area contributed by atoms with Crippen molar-refractivity contribution in [2.24, 2.45) is 0 Å². The molecular formula is C20H14ClFN4OS. The number of aromatic nitrogens is 4. The second kappa shape index (κ2) is 8.08. The van der Waals surface area contributed by atoms with Crippen LogP contribution < -0.4 is 0 Å². The average Bonchev–Trinajstić information content (AvgIpc) is 3.15. The van der Waals surface area contributed by atoms with Crippen molar-refractivity contribution in [2.75, 3.05) is 0 Å². The number of hydrogen-bond acceptors (Lipinski definition) is 6. The van der Waals surface area contributed by atoms with Gasteiger partial charge in [-0.3, -0.25) is 0 Å². The van der Waals surface area contributed by atoms with Crippen molar-refractivity contribution in [2.45, 2.75) is 17.7 Å². The average molecular weight is 413 g/mol. The molecule has 2 aromatic heterocycles. The summed E-state index contributed by atoms with van der Waals surface area (Å²) in [6.07, 6.45) is 0. The molecular weight excluding hydrogens is 399 g/mol. The van der Waals surface area contributed by atoms with Gasteiger partial charge < -0.3 is 4.52 Å². The molecule has 0 aliphatic heterocycles. The van der Waals surface area contributed by atoms with Gasteiger partial charge in [-0.1, -0.05) is 52.8 Å². The number of aryl methyl sites for hydroxylation is 1. The maximum Gasteiger partial charge on any atom is 0.237 e. The lowest BCUT2D eigenvalue weighted by Gasteiger charge is -2.05. The van der Waals surface area contributed by atoms with E-state index in [0.29, 0.717) is 33.9 Å². The van der Waals surface area contributed by atoms with Gasteiger partial charge in [0.2, 0.25) is 11.7 Å². The fourth-order valence-corrected chi connectivity index (χ4v) is 3.55. The Labute approximate surface area is 170 Å². The summed E-state index contributed by atoms with van der Waals surface area (Å²) in [5, 5.41) is 5.34. The van der Waals surface area contributed by atoms with Gasteiger partial charge in [0.25, 0.3) is 0 Å². The number of thioether (sulfide) groups is 1. The zero-order valence-corrected chi connectivity index (χ0v) is 16.3. The number of hydrogen-bond donors (Lipinski definition) is 0. The van der Waals surface area contributed by atoms with Gasteiger partial charge in [0.05, 0.1) is 5.75 Å². The number of rotatable bonds is 5. The fourth-order valence-electron chi connectivity index (χ4n) is 2.56. The third-order valence-corrected chi connectivity index (χ3v) is 4.94. The van der Waals surface area contributed by atoms with Crippen molar-refractivity contribution in [1.82, 2.24) is 20.1 Å². The summed E-state index contributed by atoms with van der Waals surface area (Å²) in [6, 6.07) is 15.4. The van der Waals surface area contributed by atoms with Crippen LogP contribution in [0, 0.1) is 12.7 Å². The van der Waals surface area contributed by atoms with E-state index in [9.17, 15) is 4.39 Å². The highest BCUT2D eigenvalue weighted by Crippen LogP contribution is 2.26. The molecule has 0 saturated carbocycles. The van der Waals surface area contributed by atoms with Crippen molar-refractivity contribution in [1.29, 1.82) is 0 Å². The second-order valence-electron chi connectivity index (χ2n) is 5.99. The Balaban J connectivity index is 1.51. The Morgan fingerprint density at radius 1 is 0.964 bits per heavy atom. The van der Waals surface area contributed by atoms with E-state index in [-0.39, 0.29) is 5.82 Å². The molecule has 2 heterocycles.